The summed E-state index contributed by atoms with van der Waals surface area (Å²) in [5, 5.41) is 6.75. The molecule has 1 saturated heterocycles. The van der Waals surface area contributed by atoms with Crippen molar-refractivity contribution in [2.45, 2.75) is 134 Å². The van der Waals surface area contributed by atoms with Crippen LogP contribution in [0.1, 0.15) is 93.4 Å². The second kappa shape index (κ2) is 16.0. The molecular weight excluding hydrogens is 762 g/mol. The number of ether oxygens (including phenoxy) is 3. The lowest BCUT2D eigenvalue weighted by Gasteiger charge is -2.33. The topological polar surface area (TPSA) is 182 Å². The maximum absolute atomic E-state index is 14.8. The number of aromatic nitrogens is 1. The fraction of sp³-hybridized carbons (Fsp3) is 0.625. The fourth-order valence-corrected chi connectivity index (χ4v) is 9.26. The first kappa shape index (κ1) is 41.5. The van der Waals surface area contributed by atoms with E-state index >= 15 is 0 Å². The minimum absolute atomic E-state index is 0.000896. The first-order valence-electron chi connectivity index (χ1n) is 19.5. The minimum Gasteiger partial charge on any atom is -0.475 e. The Labute approximate surface area is 333 Å². The van der Waals surface area contributed by atoms with Gasteiger partial charge in [-0.3, -0.25) is 19.1 Å². The van der Waals surface area contributed by atoms with Crippen LogP contribution in [0, 0.1) is 17.8 Å². The number of pyridine rings is 1. The van der Waals surface area contributed by atoms with Crippen LogP contribution in [0.25, 0.3) is 10.8 Å². The number of hydrogen-bond donors (Lipinski definition) is 3. The summed E-state index contributed by atoms with van der Waals surface area (Å²) < 4.78 is 46.1. The number of nitrogens with zero attached hydrogens (tertiary/aromatic N) is 2. The summed E-state index contributed by atoms with van der Waals surface area (Å²) in [7, 11) is -3.92. The molecule has 6 rings (SSSR count). The Morgan fingerprint density at radius 3 is 2.50 bits per heavy atom. The molecule has 1 unspecified atom stereocenters. The third-order valence-corrected chi connectivity index (χ3v) is 12.8. The molecule has 2 aliphatic heterocycles. The van der Waals surface area contributed by atoms with E-state index in [0.717, 1.165) is 6.42 Å². The SMILES string of the molecule is CC(C)Oc1cc2c(Cl)cccc2c(O[C@@H]2C[C@H]3C(=O)N[C@]4(C(=O)NS(=O)(=O)C5CC5)CC4/C=C\CC[C@H](C)C[C@@H](C)[C@H](NC(=O)OC(C)(C)C)C(=O)N3C2)n1. The number of rotatable bonds is 8. The molecule has 56 heavy (non-hydrogen) atoms. The van der Waals surface area contributed by atoms with Crippen molar-refractivity contribution < 1.29 is 41.8 Å². The first-order chi connectivity index (χ1) is 26.3. The van der Waals surface area contributed by atoms with Gasteiger partial charge in [-0.25, -0.2) is 13.2 Å². The van der Waals surface area contributed by atoms with Gasteiger partial charge in [0.15, 0.2) is 0 Å². The number of amides is 4. The Bertz CT molecular complexity index is 2000. The van der Waals surface area contributed by atoms with E-state index in [4.69, 9.17) is 25.8 Å². The summed E-state index contributed by atoms with van der Waals surface area (Å²) in [6.07, 6.45) is 5.19. The summed E-state index contributed by atoms with van der Waals surface area (Å²) >= 11 is 6.59. The second-order valence-electron chi connectivity index (χ2n) is 17.1. The molecule has 1 aromatic carbocycles. The summed E-state index contributed by atoms with van der Waals surface area (Å²) in [5.41, 5.74) is -2.37. The predicted molar refractivity (Wildman–Crippen MR) is 211 cm³/mol. The Morgan fingerprint density at radius 2 is 1.82 bits per heavy atom. The van der Waals surface area contributed by atoms with Gasteiger partial charge < -0.3 is 29.7 Å². The summed E-state index contributed by atoms with van der Waals surface area (Å²) in [4.78, 5) is 62.4. The van der Waals surface area contributed by atoms with Gasteiger partial charge in [0, 0.05) is 34.2 Å². The smallest absolute Gasteiger partial charge is 0.408 e. The van der Waals surface area contributed by atoms with Crippen molar-refractivity contribution in [3.05, 3.63) is 41.4 Å². The van der Waals surface area contributed by atoms with Gasteiger partial charge in [-0.15, -0.1) is 0 Å². The first-order valence-corrected chi connectivity index (χ1v) is 21.5. The number of nitrogens with one attached hydrogen (secondary N) is 3. The lowest BCUT2D eigenvalue weighted by Crippen LogP contribution is -2.59. The monoisotopic (exact) mass is 815 g/mol. The van der Waals surface area contributed by atoms with Crippen molar-refractivity contribution in [2.24, 2.45) is 17.8 Å². The highest BCUT2D eigenvalue weighted by molar-refractivity contribution is 7.91. The minimum atomic E-state index is -3.92. The fourth-order valence-electron chi connectivity index (χ4n) is 7.67. The molecule has 0 bridgehead atoms. The van der Waals surface area contributed by atoms with Crippen LogP contribution >= 0.6 is 11.6 Å². The zero-order chi connectivity index (χ0) is 40.7. The third kappa shape index (κ3) is 9.53. The summed E-state index contributed by atoms with van der Waals surface area (Å²) in [5.74, 6) is -2.17. The molecule has 3 heterocycles. The average Bonchev–Trinajstić information content (AvgIpc) is 4.01. The van der Waals surface area contributed by atoms with Crippen LogP contribution in [0.3, 0.4) is 0 Å². The molecule has 1 aromatic heterocycles. The van der Waals surface area contributed by atoms with Crippen LogP contribution in [-0.4, -0.2) is 89.3 Å². The van der Waals surface area contributed by atoms with Crippen molar-refractivity contribution >= 4 is 56.2 Å². The molecule has 3 fully saturated rings. The maximum atomic E-state index is 14.8. The largest absolute Gasteiger partial charge is 0.475 e. The highest BCUT2D eigenvalue weighted by atomic mass is 35.5. The van der Waals surface area contributed by atoms with Gasteiger partial charge in [0.1, 0.15) is 29.3 Å². The van der Waals surface area contributed by atoms with E-state index in [0.29, 0.717) is 41.5 Å². The van der Waals surface area contributed by atoms with Crippen LogP contribution in [0.2, 0.25) is 5.02 Å². The van der Waals surface area contributed by atoms with Crippen LogP contribution < -0.4 is 24.8 Å². The number of benzene rings is 1. The number of alkyl carbamates (subject to hydrolysis) is 1. The van der Waals surface area contributed by atoms with Gasteiger partial charge in [0.25, 0.3) is 5.91 Å². The van der Waals surface area contributed by atoms with Gasteiger partial charge in [-0.2, -0.15) is 4.98 Å². The Balaban J connectivity index is 1.37. The molecule has 4 aliphatic rings. The zero-order valence-electron chi connectivity index (χ0n) is 33.1. The van der Waals surface area contributed by atoms with Gasteiger partial charge in [-0.05, 0) is 97.1 Å². The molecule has 0 radical (unpaired) electrons. The number of fused-ring (bicyclic) bond motifs is 3. The van der Waals surface area contributed by atoms with E-state index in [2.05, 4.69) is 27.3 Å². The van der Waals surface area contributed by atoms with E-state index in [-0.39, 0.29) is 49.1 Å². The number of sulfonamides is 1. The molecule has 3 N–H and O–H groups in total. The molecule has 306 valence electrons. The van der Waals surface area contributed by atoms with Gasteiger partial charge in [0.05, 0.1) is 17.9 Å². The lowest BCUT2D eigenvalue weighted by molar-refractivity contribution is -0.142. The zero-order valence-corrected chi connectivity index (χ0v) is 34.7. The highest BCUT2D eigenvalue weighted by Crippen LogP contribution is 2.46. The highest BCUT2D eigenvalue weighted by Gasteiger charge is 2.62. The van der Waals surface area contributed by atoms with Gasteiger partial charge in [0.2, 0.25) is 33.6 Å². The molecule has 2 aliphatic carbocycles. The van der Waals surface area contributed by atoms with Crippen LogP contribution in [0.15, 0.2) is 36.4 Å². The van der Waals surface area contributed by atoms with Crippen molar-refractivity contribution in [2.75, 3.05) is 6.54 Å². The number of carbonyl (C=O) groups excluding carboxylic acids is 4. The molecule has 4 amide bonds. The molecule has 16 heteroatoms. The van der Waals surface area contributed by atoms with Crippen molar-refractivity contribution in [1.82, 2.24) is 25.2 Å². The van der Waals surface area contributed by atoms with E-state index in [1.54, 1.807) is 45.0 Å². The second-order valence-corrected chi connectivity index (χ2v) is 19.5. The molecule has 7 atom stereocenters. The van der Waals surface area contributed by atoms with Crippen molar-refractivity contribution in [1.29, 1.82) is 0 Å². The van der Waals surface area contributed by atoms with Gasteiger partial charge in [-0.1, -0.05) is 43.7 Å². The van der Waals surface area contributed by atoms with E-state index in [1.807, 2.05) is 32.9 Å². The standard InChI is InChI=1S/C40H54ClN5O9S/c1-22(2)53-32-19-29-28(13-10-14-30(29)41)35(42-32)54-26-18-31-34(47)44-40(37(49)45-56(51,52)27-15-16-27)20-25(40)12-9-8-11-23(3)17-24(4)33(36(48)46(31)21-26)43-38(50)55-39(5,6)7/h9-10,12-14,19,22-27,31,33H,8,11,15-18,20-21H2,1-7H3,(H,43,50)(H,44,47)(H,45,49)/b12-9-/t23-,24+,25?,26+,31-,33-,40+/m0/s1. The van der Waals surface area contributed by atoms with Crippen LogP contribution in [0.4, 0.5) is 4.79 Å². The van der Waals surface area contributed by atoms with Crippen molar-refractivity contribution in [3.63, 3.8) is 0 Å². The molecule has 14 nitrogen and oxygen atoms in total. The maximum Gasteiger partial charge on any atom is 0.408 e. The number of allylic oxidation sites excluding steroid dienone is 1. The number of halogens is 1. The predicted octanol–water partition coefficient (Wildman–Crippen LogP) is 5.41. The molecule has 2 aromatic rings. The van der Waals surface area contributed by atoms with Crippen LogP contribution in [0.5, 0.6) is 11.8 Å². The van der Waals surface area contributed by atoms with Crippen molar-refractivity contribution in [3.8, 4) is 11.8 Å². The average molecular weight is 816 g/mol. The van der Waals surface area contributed by atoms with E-state index < -0.39 is 74.3 Å². The molecular formula is C40H54ClN5O9S. The normalized spacial score (nSPS) is 29.3. The lowest BCUT2D eigenvalue weighted by atomic mass is 9.88. The Kier molecular flexibility index (Phi) is 11.9. The Morgan fingerprint density at radius 1 is 1.09 bits per heavy atom. The number of carbonyl (C=O) groups is 4. The van der Waals surface area contributed by atoms with E-state index in [1.165, 1.54) is 4.90 Å². The van der Waals surface area contributed by atoms with E-state index in [9.17, 15) is 27.6 Å². The molecule has 2 saturated carbocycles. The summed E-state index contributed by atoms with van der Waals surface area (Å²) in [6.45, 7) is 12.8. The third-order valence-electron chi connectivity index (χ3n) is 10.7. The van der Waals surface area contributed by atoms with Crippen LogP contribution in [-0.2, 0) is 29.1 Å². The summed E-state index contributed by atoms with van der Waals surface area (Å²) in [6, 6.07) is 4.80. The quantitative estimate of drug-likeness (QED) is 0.292. The van der Waals surface area contributed by atoms with Gasteiger partial charge >= 0.3 is 6.09 Å². The Hall–Kier alpha value is -4.11. The molecule has 0 spiro atoms. The number of hydrogen-bond acceptors (Lipinski definition) is 10.